The fourth-order valence-electron chi connectivity index (χ4n) is 0.789. The first kappa shape index (κ1) is 12.7. The standard InChI is InChI=1S/C8H17N3O3/c1-6(9)2-3-7(12)11-4-5-14-8(10)13/h6H,2-5,9H2,1H3,(H2,10,13)(H,11,12). The molecule has 14 heavy (non-hydrogen) atoms. The van der Waals surface area contributed by atoms with Crippen molar-refractivity contribution in [2.24, 2.45) is 11.5 Å². The summed E-state index contributed by atoms with van der Waals surface area (Å²) in [6.45, 7) is 2.21. The molecule has 0 aliphatic carbocycles. The highest BCUT2D eigenvalue weighted by Crippen LogP contribution is 1.92. The van der Waals surface area contributed by atoms with Crippen LogP contribution in [0, 0.1) is 0 Å². The molecule has 0 saturated heterocycles. The highest BCUT2D eigenvalue weighted by Gasteiger charge is 2.02. The lowest BCUT2D eigenvalue weighted by Crippen LogP contribution is -2.30. The Morgan fingerprint density at radius 2 is 2.14 bits per heavy atom. The molecule has 0 rings (SSSR count). The van der Waals surface area contributed by atoms with Crippen LogP contribution in [-0.2, 0) is 9.53 Å². The van der Waals surface area contributed by atoms with Gasteiger partial charge in [-0.05, 0) is 13.3 Å². The molecule has 82 valence electrons. The van der Waals surface area contributed by atoms with E-state index in [1.807, 2.05) is 6.92 Å². The SMILES string of the molecule is CC(N)CCC(=O)NCCOC(N)=O. The van der Waals surface area contributed by atoms with Gasteiger partial charge in [0.15, 0.2) is 0 Å². The maximum atomic E-state index is 11.1. The number of nitrogens with one attached hydrogen (secondary N) is 1. The van der Waals surface area contributed by atoms with E-state index in [1.54, 1.807) is 0 Å². The predicted molar refractivity (Wildman–Crippen MR) is 51.4 cm³/mol. The van der Waals surface area contributed by atoms with Crippen molar-refractivity contribution in [1.29, 1.82) is 0 Å². The first-order valence-corrected chi connectivity index (χ1v) is 4.47. The van der Waals surface area contributed by atoms with Gasteiger partial charge in [-0.25, -0.2) is 4.79 Å². The average molecular weight is 203 g/mol. The lowest BCUT2D eigenvalue weighted by molar-refractivity contribution is -0.121. The van der Waals surface area contributed by atoms with Crippen LogP contribution in [0.1, 0.15) is 19.8 Å². The largest absolute Gasteiger partial charge is 0.448 e. The molecule has 0 fully saturated rings. The number of carbonyl (C=O) groups excluding carboxylic acids is 2. The predicted octanol–water partition coefficient (Wildman–Crippen LogP) is -0.675. The summed E-state index contributed by atoms with van der Waals surface area (Å²) in [7, 11) is 0. The van der Waals surface area contributed by atoms with Crippen LogP contribution in [0.4, 0.5) is 4.79 Å². The molecule has 0 aliphatic heterocycles. The number of rotatable bonds is 6. The second-order valence-electron chi connectivity index (χ2n) is 3.03. The number of nitrogens with two attached hydrogens (primary N) is 2. The number of ether oxygens (including phenoxy) is 1. The lowest BCUT2D eigenvalue weighted by atomic mass is 10.2. The lowest BCUT2D eigenvalue weighted by Gasteiger charge is -2.06. The normalized spacial score (nSPS) is 11.9. The Hall–Kier alpha value is -1.30. The second kappa shape index (κ2) is 7.14. The van der Waals surface area contributed by atoms with E-state index in [-0.39, 0.29) is 25.1 Å². The first-order valence-electron chi connectivity index (χ1n) is 4.47. The maximum Gasteiger partial charge on any atom is 0.404 e. The van der Waals surface area contributed by atoms with E-state index >= 15 is 0 Å². The summed E-state index contributed by atoms with van der Waals surface area (Å²) in [4.78, 5) is 21.2. The van der Waals surface area contributed by atoms with Crippen LogP contribution in [0.2, 0.25) is 0 Å². The van der Waals surface area contributed by atoms with Crippen LogP contribution in [-0.4, -0.2) is 31.2 Å². The van der Waals surface area contributed by atoms with E-state index in [9.17, 15) is 9.59 Å². The summed E-state index contributed by atoms with van der Waals surface area (Å²) in [5, 5.41) is 2.57. The van der Waals surface area contributed by atoms with E-state index in [4.69, 9.17) is 11.5 Å². The van der Waals surface area contributed by atoms with Gasteiger partial charge in [-0.1, -0.05) is 0 Å². The average Bonchev–Trinajstić information content (AvgIpc) is 2.08. The molecule has 2 amide bonds. The maximum absolute atomic E-state index is 11.1. The minimum Gasteiger partial charge on any atom is -0.448 e. The highest BCUT2D eigenvalue weighted by atomic mass is 16.5. The fraction of sp³-hybridized carbons (Fsp3) is 0.750. The zero-order chi connectivity index (χ0) is 11.0. The molecule has 6 heteroatoms. The molecule has 0 bridgehead atoms. The Bertz CT molecular complexity index is 194. The van der Waals surface area contributed by atoms with Gasteiger partial charge >= 0.3 is 6.09 Å². The number of amides is 2. The molecule has 0 heterocycles. The van der Waals surface area contributed by atoms with Gasteiger partial charge in [0.2, 0.25) is 5.91 Å². The molecule has 0 aromatic rings. The van der Waals surface area contributed by atoms with Gasteiger partial charge in [0.25, 0.3) is 0 Å². The topological polar surface area (TPSA) is 107 Å². The van der Waals surface area contributed by atoms with Crippen molar-refractivity contribution < 1.29 is 14.3 Å². The minimum atomic E-state index is -0.838. The van der Waals surface area contributed by atoms with Crippen molar-refractivity contribution in [3.8, 4) is 0 Å². The van der Waals surface area contributed by atoms with Gasteiger partial charge in [-0.15, -0.1) is 0 Å². The number of hydrogen-bond acceptors (Lipinski definition) is 4. The summed E-state index contributed by atoms with van der Waals surface area (Å²) < 4.78 is 4.42. The van der Waals surface area contributed by atoms with Gasteiger partial charge in [0.05, 0.1) is 6.54 Å². The van der Waals surface area contributed by atoms with Crippen LogP contribution in [0.3, 0.4) is 0 Å². The third-order valence-electron chi connectivity index (χ3n) is 1.50. The molecule has 6 nitrogen and oxygen atoms in total. The van der Waals surface area contributed by atoms with Crippen LogP contribution in [0.5, 0.6) is 0 Å². The molecule has 0 aromatic carbocycles. The monoisotopic (exact) mass is 203 g/mol. The van der Waals surface area contributed by atoms with Crippen molar-refractivity contribution >= 4 is 12.0 Å². The van der Waals surface area contributed by atoms with Gasteiger partial charge in [0.1, 0.15) is 6.61 Å². The van der Waals surface area contributed by atoms with Gasteiger partial charge in [0, 0.05) is 12.5 Å². The molecule has 1 unspecified atom stereocenters. The van der Waals surface area contributed by atoms with Gasteiger partial charge in [-0.2, -0.15) is 0 Å². The molecule has 0 spiro atoms. The van der Waals surface area contributed by atoms with Crippen LogP contribution >= 0.6 is 0 Å². The summed E-state index contributed by atoms with van der Waals surface area (Å²) in [5.41, 5.74) is 10.2. The number of primary amides is 1. The van der Waals surface area contributed by atoms with Crippen LogP contribution in [0.25, 0.3) is 0 Å². The van der Waals surface area contributed by atoms with Gasteiger partial charge < -0.3 is 21.5 Å². The third kappa shape index (κ3) is 8.79. The number of hydrogen-bond donors (Lipinski definition) is 3. The smallest absolute Gasteiger partial charge is 0.404 e. The summed E-state index contributed by atoms with van der Waals surface area (Å²) in [6, 6.07) is 0.0163. The zero-order valence-corrected chi connectivity index (χ0v) is 8.29. The molecule has 0 aromatic heterocycles. The molecule has 0 saturated carbocycles. The zero-order valence-electron chi connectivity index (χ0n) is 8.29. The summed E-state index contributed by atoms with van der Waals surface area (Å²) in [6.07, 6.45) is 0.186. The number of carbonyl (C=O) groups is 2. The first-order chi connectivity index (χ1) is 6.52. The molecule has 0 radical (unpaired) electrons. The summed E-state index contributed by atoms with van der Waals surface area (Å²) in [5.74, 6) is -0.102. The van der Waals surface area contributed by atoms with E-state index in [0.29, 0.717) is 12.8 Å². The fourth-order valence-corrected chi connectivity index (χ4v) is 0.789. The Morgan fingerprint density at radius 3 is 2.64 bits per heavy atom. The Labute approximate surface area is 83.0 Å². The molecule has 5 N–H and O–H groups in total. The summed E-state index contributed by atoms with van der Waals surface area (Å²) >= 11 is 0. The van der Waals surface area contributed by atoms with Crippen LogP contribution < -0.4 is 16.8 Å². The Balaban J connectivity index is 3.31. The van der Waals surface area contributed by atoms with E-state index in [0.717, 1.165) is 0 Å². The van der Waals surface area contributed by atoms with Crippen molar-refractivity contribution in [3.63, 3.8) is 0 Å². The Kier molecular flexibility index (Phi) is 6.47. The van der Waals surface area contributed by atoms with Crippen molar-refractivity contribution in [2.45, 2.75) is 25.8 Å². The van der Waals surface area contributed by atoms with Gasteiger partial charge in [-0.3, -0.25) is 4.79 Å². The Morgan fingerprint density at radius 1 is 1.50 bits per heavy atom. The minimum absolute atomic E-state index is 0.0163. The highest BCUT2D eigenvalue weighted by molar-refractivity contribution is 5.75. The van der Waals surface area contributed by atoms with Crippen molar-refractivity contribution in [3.05, 3.63) is 0 Å². The van der Waals surface area contributed by atoms with Crippen molar-refractivity contribution in [1.82, 2.24) is 5.32 Å². The van der Waals surface area contributed by atoms with Crippen LogP contribution in [0.15, 0.2) is 0 Å². The molecule has 0 aliphatic rings. The molecule has 1 atom stereocenters. The molecular weight excluding hydrogens is 186 g/mol. The third-order valence-corrected chi connectivity index (χ3v) is 1.50. The van der Waals surface area contributed by atoms with E-state index in [1.165, 1.54) is 0 Å². The second-order valence-corrected chi connectivity index (χ2v) is 3.03. The van der Waals surface area contributed by atoms with E-state index in [2.05, 4.69) is 10.1 Å². The quantitative estimate of drug-likeness (QED) is 0.497. The van der Waals surface area contributed by atoms with Crippen molar-refractivity contribution in [2.75, 3.05) is 13.2 Å². The molecular formula is C8H17N3O3. The van der Waals surface area contributed by atoms with E-state index < -0.39 is 6.09 Å².